The Labute approximate surface area is 150 Å². The van der Waals surface area contributed by atoms with E-state index in [0.717, 1.165) is 5.69 Å². The van der Waals surface area contributed by atoms with Gasteiger partial charge in [-0.3, -0.25) is 25.2 Å². The molecule has 1 aromatic carbocycles. The quantitative estimate of drug-likeness (QED) is 0.703. The predicted molar refractivity (Wildman–Crippen MR) is 97.6 cm³/mol. The lowest BCUT2D eigenvalue weighted by molar-refractivity contribution is -0.123. The Kier molecular flexibility index (Phi) is 6.13. The van der Waals surface area contributed by atoms with Crippen LogP contribution in [0, 0.1) is 0 Å². The lowest BCUT2D eigenvalue weighted by atomic mass is 10.2. The van der Waals surface area contributed by atoms with Crippen LogP contribution in [0.3, 0.4) is 0 Å². The normalized spacial score (nSPS) is 11.3. The molecule has 1 unspecified atom stereocenters. The van der Waals surface area contributed by atoms with Crippen molar-refractivity contribution in [2.24, 2.45) is 0 Å². The van der Waals surface area contributed by atoms with Gasteiger partial charge >= 0.3 is 0 Å². The highest BCUT2D eigenvalue weighted by atomic mass is 32.1. The number of hydrazine groups is 1. The summed E-state index contributed by atoms with van der Waals surface area (Å²) in [6.45, 7) is 1.54. The highest BCUT2D eigenvalue weighted by molar-refractivity contribution is 7.12. The summed E-state index contributed by atoms with van der Waals surface area (Å²) in [5.41, 5.74) is 5.95. The molecule has 0 saturated heterocycles. The van der Waals surface area contributed by atoms with Crippen LogP contribution in [-0.2, 0) is 4.79 Å². The van der Waals surface area contributed by atoms with Crippen molar-refractivity contribution in [3.05, 3.63) is 52.2 Å². The number of amides is 3. The molecule has 1 aromatic heterocycles. The van der Waals surface area contributed by atoms with Crippen LogP contribution in [0.2, 0.25) is 0 Å². The first-order valence-corrected chi connectivity index (χ1v) is 8.48. The Morgan fingerprint density at radius 1 is 1.04 bits per heavy atom. The van der Waals surface area contributed by atoms with E-state index in [4.69, 9.17) is 0 Å². The van der Waals surface area contributed by atoms with E-state index in [-0.39, 0.29) is 5.91 Å². The van der Waals surface area contributed by atoms with Crippen LogP contribution in [-0.4, -0.2) is 37.9 Å². The van der Waals surface area contributed by atoms with Crippen LogP contribution in [0.5, 0.6) is 0 Å². The maximum absolute atomic E-state index is 12.1. The minimum Gasteiger partial charge on any atom is -0.378 e. The maximum atomic E-state index is 12.1. The van der Waals surface area contributed by atoms with E-state index in [1.165, 1.54) is 11.3 Å². The van der Waals surface area contributed by atoms with E-state index >= 15 is 0 Å². The van der Waals surface area contributed by atoms with Gasteiger partial charge in [0.15, 0.2) is 0 Å². The average Bonchev–Trinajstić information content (AvgIpc) is 3.14. The second-order valence-corrected chi connectivity index (χ2v) is 6.51. The van der Waals surface area contributed by atoms with Crippen molar-refractivity contribution in [2.75, 3.05) is 19.0 Å². The molecule has 2 aromatic rings. The number of carbonyl (C=O) groups is 3. The van der Waals surface area contributed by atoms with Crippen molar-refractivity contribution >= 4 is 34.7 Å². The fourth-order valence-electron chi connectivity index (χ4n) is 1.97. The molecule has 2 rings (SSSR count). The second-order valence-electron chi connectivity index (χ2n) is 5.56. The molecule has 3 N–H and O–H groups in total. The first-order valence-electron chi connectivity index (χ1n) is 7.60. The van der Waals surface area contributed by atoms with Crippen molar-refractivity contribution in [3.63, 3.8) is 0 Å². The molecular weight excluding hydrogens is 340 g/mol. The number of anilines is 1. The molecule has 0 aliphatic carbocycles. The average molecular weight is 360 g/mol. The Bertz CT molecular complexity index is 759. The molecule has 8 heteroatoms. The first-order chi connectivity index (χ1) is 11.9. The summed E-state index contributed by atoms with van der Waals surface area (Å²) in [6.07, 6.45) is 0. The van der Waals surface area contributed by atoms with Gasteiger partial charge in [0, 0.05) is 25.3 Å². The molecule has 0 aliphatic heterocycles. The zero-order chi connectivity index (χ0) is 18.4. The standard InChI is InChI=1S/C17H20N4O3S/c1-11(18-17(24)14-8-5-9-25-14)15(22)19-20-16(23)12-6-4-7-13(10-12)21(2)3/h4-11H,1-3H3,(H,18,24)(H,19,22)(H,20,23). The van der Waals surface area contributed by atoms with Crippen LogP contribution in [0.15, 0.2) is 41.8 Å². The summed E-state index contributed by atoms with van der Waals surface area (Å²) in [7, 11) is 3.74. The minimum atomic E-state index is -0.789. The van der Waals surface area contributed by atoms with Gasteiger partial charge in [-0.15, -0.1) is 11.3 Å². The molecule has 0 radical (unpaired) electrons. The highest BCUT2D eigenvalue weighted by Crippen LogP contribution is 2.13. The maximum Gasteiger partial charge on any atom is 0.269 e. The SMILES string of the molecule is CC(NC(=O)c1cccs1)C(=O)NNC(=O)c1cccc(N(C)C)c1. The Morgan fingerprint density at radius 3 is 2.44 bits per heavy atom. The Morgan fingerprint density at radius 2 is 1.80 bits per heavy atom. The van der Waals surface area contributed by atoms with E-state index in [9.17, 15) is 14.4 Å². The topological polar surface area (TPSA) is 90.5 Å². The molecule has 0 spiro atoms. The molecule has 1 heterocycles. The van der Waals surface area contributed by atoms with E-state index in [2.05, 4.69) is 16.2 Å². The summed E-state index contributed by atoms with van der Waals surface area (Å²) in [4.78, 5) is 38.4. The van der Waals surface area contributed by atoms with E-state index in [1.807, 2.05) is 25.1 Å². The van der Waals surface area contributed by atoms with Gasteiger partial charge in [0.25, 0.3) is 17.7 Å². The third-order valence-electron chi connectivity index (χ3n) is 3.41. The van der Waals surface area contributed by atoms with Crippen molar-refractivity contribution in [3.8, 4) is 0 Å². The van der Waals surface area contributed by atoms with Crippen LogP contribution < -0.4 is 21.1 Å². The summed E-state index contributed by atoms with van der Waals surface area (Å²) in [5.74, 6) is -1.28. The monoisotopic (exact) mass is 360 g/mol. The van der Waals surface area contributed by atoms with Crippen molar-refractivity contribution in [1.82, 2.24) is 16.2 Å². The molecule has 7 nitrogen and oxygen atoms in total. The summed E-state index contributed by atoms with van der Waals surface area (Å²) in [6, 6.07) is 9.63. The summed E-state index contributed by atoms with van der Waals surface area (Å²) >= 11 is 1.29. The van der Waals surface area contributed by atoms with Gasteiger partial charge in [0.1, 0.15) is 6.04 Å². The van der Waals surface area contributed by atoms with Crippen LogP contribution in [0.4, 0.5) is 5.69 Å². The molecule has 0 saturated carbocycles. The highest BCUT2D eigenvalue weighted by Gasteiger charge is 2.18. The van der Waals surface area contributed by atoms with Crippen LogP contribution >= 0.6 is 11.3 Å². The second kappa shape index (κ2) is 8.29. The van der Waals surface area contributed by atoms with Crippen molar-refractivity contribution in [1.29, 1.82) is 0 Å². The van der Waals surface area contributed by atoms with Crippen molar-refractivity contribution < 1.29 is 14.4 Å². The summed E-state index contributed by atoms with van der Waals surface area (Å²) < 4.78 is 0. The molecule has 3 amide bonds. The number of hydrogen-bond acceptors (Lipinski definition) is 5. The van der Waals surface area contributed by atoms with Crippen LogP contribution in [0.1, 0.15) is 27.0 Å². The number of nitrogens with zero attached hydrogens (tertiary/aromatic N) is 1. The number of benzene rings is 1. The predicted octanol–water partition coefficient (Wildman–Crippen LogP) is 1.39. The lowest BCUT2D eigenvalue weighted by Gasteiger charge is -2.15. The molecular formula is C17H20N4O3S. The number of carbonyl (C=O) groups excluding carboxylic acids is 3. The number of thiophene rings is 1. The number of nitrogens with one attached hydrogen (secondary N) is 3. The fourth-order valence-corrected chi connectivity index (χ4v) is 2.59. The van der Waals surface area contributed by atoms with Gasteiger partial charge in [-0.25, -0.2) is 0 Å². The lowest BCUT2D eigenvalue weighted by Crippen LogP contribution is -2.51. The van der Waals surface area contributed by atoms with E-state index in [1.54, 1.807) is 42.6 Å². The Balaban J connectivity index is 1.87. The van der Waals surface area contributed by atoms with Gasteiger partial charge in [0.2, 0.25) is 0 Å². The minimum absolute atomic E-state index is 0.331. The summed E-state index contributed by atoms with van der Waals surface area (Å²) in [5, 5.41) is 4.35. The zero-order valence-electron chi connectivity index (χ0n) is 14.2. The number of hydrogen-bond donors (Lipinski definition) is 3. The fraction of sp³-hybridized carbons (Fsp3) is 0.235. The van der Waals surface area contributed by atoms with Gasteiger partial charge in [-0.2, -0.15) is 0 Å². The van der Waals surface area contributed by atoms with Gasteiger partial charge < -0.3 is 10.2 Å². The van der Waals surface area contributed by atoms with Gasteiger partial charge in [-0.1, -0.05) is 12.1 Å². The van der Waals surface area contributed by atoms with Crippen molar-refractivity contribution in [2.45, 2.75) is 13.0 Å². The molecule has 25 heavy (non-hydrogen) atoms. The largest absolute Gasteiger partial charge is 0.378 e. The molecule has 132 valence electrons. The van der Waals surface area contributed by atoms with E-state index in [0.29, 0.717) is 10.4 Å². The molecule has 0 aliphatic rings. The van der Waals surface area contributed by atoms with Gasteiger partial charge in [-0.05, 0) is 36.6 Å². The van der Waals surface area contributed by atoms with Gasteiger partial charge in [0.05, 0.1) is 4.88 Å². The molecule has 0 fully saturated rings. The van der Waals surface area contributed by atoms with E-state index < -0.39 is 17.9 Å². The molecule has 0 bridgehead atoms. The Hall–Kier alpha value is -2.87. The van der Waals surface area contributed by atoms with Crippen LogP contribution in [0.25, 0.3) is 0 Å². The number of rotatable bonds is 5. The molecule has 1 atom stereocenters. The zero-order valence-corrected chi connectivity index (χ0v) is 15.0. The third-order valence-corrected chi connectivity index (χ3v) is 4.28. The smallest absolute Gasteiger partial charge is 0.269 e. The first kappa shape index (κ1) is 18.5. The third kappa shape index (κ3) is 5.05.